The number of nitrogens with one attached hydrogen (secondary N) is 1. The topological polar surface area (TPSA) is 99.2 Å². The molecule has 1 saturated heterocycles. The third kappa shape index (κ3) is 2.44. The number of amides is 3. The summed E-state index contributed by atoms with van der Waals surface area (Å²) in [6.45, 7) is 0.709. The van der Waals surface area contributed by atoms with Gasteiger partial charge in [-0.1, -0.05) is 0 Å². The van der Waals surface area contributed by atoms with Crippen LogP contribution in [0.5, 0.6) is 5.75 Å². The van der Waals surface area contributed by atoms with Crippen LogP contribution in [-0.4, -0.2) is 60.1 Å². The maximum atomic E-state index is 12.8. The highest BCUT2D eigenvalue weighted by Crippen LogP contribution is 2.42. The van der Waals surface area contributed by atoms with Crippen molar-refractivity contribution in [3.63, 3.8) is 0 Å². The second-order valence-electron chi connectivity index (χ2n) is 6.64. The number of nitrogens with zero attached hydrogens (tertiary/aromatic N) is 2. The molecule has 0 aliphatic carbocycles. The average molecular weight is 345 g/mol. The summed E-state index contributed by atoms with van der Waals surface area (Å²) in [5.41, 5.74) is 2.11. The number of carbonyl (C=O) groups excluding carboxylic acids is 3. The van der Waals surface area contributed by atoms with Crippen LogP contribution >= 0.6 is 0 Å². The quantitative estimate of drug-likeness (QED) is 0.710. The number of carbonyl (C=O) groups is 3. The van der Waals surface area contributed by atoms with Gasteiger partial charge in [-0.3, -0.25) is 19.7 Å². The van der Waals surface area contributed by atoms with Gasteiger partial charge in [0.25, 0.3) is 5.91 Å². The van der Waals surface area contributed by atoms with Crippen LogP contribution in [0.3, 0.4) is 0 Å². The predicted molar refractivity (Wildman–Crippen MR) is 87.3 cm³/mol. The summed E-state index contributed by atoms with van der Waals surface area (Å²) in [5, 5.41) is 11.7. The van der Waals surface area contributed by atoms with Crippen molar-refractivity contribution in [2.45, 2.75) is 31.5 Å². The largest absolute Gasteiger partial charge is 0.484 e. The van der Waals surface area contributed by atoms with E-state index in [-0.39, 0.29) is 37.5 Å². The van der Waals surface area contributed by atoms with Crippen molar-refractivity contribution in [3.05, 3.63) is 23.3 Å². The van der Waals surface area contributed by atoms with Crippen LogP contribution in [0.1, 0.15) is 28.8 Å². The summed E-state index contributed by atoms with van der Waals surface area (Å²) in [4.78, 5) is 39.7. The van der Waals surface area contributed by atoms with Crippen LogP contribution in [0.2, 0.25) is 0 Å². The van der Waals surface area contributed by atoms with E-state index in [4.69, 9.17) is 4.74 Å². The summed E-state index contributed by atoms with van der Waals surface area (Å²) in [6.07, 6.45) is 0.191. The zero-order valence-corrected chi connectivity index (χ0v) is 13.8. The monoisotopic (exact) mass is 345 g/mol. The molecule has 132 valence electrons. The third-order valence-electron chi connectivity index (χ3n) is 5.02. The van der Waals surface area contributed by atoms with Gasteiger partial charge in [-0.25, -0.2) is 0 Å². The highest BCUT2D eigenvalue weighted by atomic mass is 16.5. The SMILES string of the molecule is CN1C[C@H](CO)Oc2c1ccc1c2CN([C@H]2CCC(=O)NC2=O)C1=O. The van der Waals surface area contributed by atoms with Crippen LogP contribution in [-0.2, 0) is 16.1 Å². The molecular formula is C17H19N3O5. The second kappa shape index (κ2) is 5.73. The van der Waals surface area contributed by atoms with E-state index >= 15 is 0 Å². The molecule has 3 amide bonds. The highest BCUT2D eigenvalue weighted by molar-refractivity contribution is 6.06. The fourth-order valence-electron chi connectivity index (χ4n) is 3.74. The molecule has 8 nitrogen and oxygen atoms in total. The second-order valence-corrected chi connectivity index (χ2v) is 6.64. The Balaban J connectivity index is 1.68. The van der Waals surface area contributed by atoms with E-state index in [1.165, 1.54) is 4.90 Å². The van der Waals surface area contributed by atoms with Gasteiger partial charge in [0, 0.05) is 24.6 Å². The molecule has 1 aromatic carbocycles. The van der Waals surface area contributed by atoms with Crippen LogP contribution in [0.4, 0.5) is 5.69 Å². The maximum absolute atomic E-state index is 12.8. The Morgan fingerprint density at radius 2 is 2.12 bits per heavy atom. The molecule has 2 N–H and O–H groups in total. The lowest BCUT2D eigenvalue weighted by atomic mass is 10.0. The molecule has 8 heteroatoms. The van der Waals surface area contributed by atoms with Gasteiger partial charge in [0.15, 0.2) is 0 Å². The van der Waals surface area contributed by atoms with Gasteiger partial charge in [0.1, 0.15) is 17.9 Å². The number of benzene rings is 1. The molecule has 25 heavy (non-hydrogen) atoms. The van der Waals surface area contributed by atoms with Crippen molar-refractivity contribution < 1.29 is 24.2 Å². The lowest BCUT2D eigenvalue weighted by Gasteiger charge is -2.34. The molecule has 0 saturated carbocycles. The van der Waals surface area contributed by atoms with Crippen LogP contribution in [0.25, 0.3) is 0 Å². The first-order valence-electron chi connectivity index (χ1n) is 8.28. The molecule has 4 rings (SSSR count). The fourth-order valence-corrected chi connectivity index (χ4v) is 3.74. The number of likely N-dealkylation sites (N-methyl/N-ethyl adjacent to an activating group) is 1. The number of piperidine rings is 1. The van der Waals surface area contributed by atoms with Crippen molar-refractivity contribution in [1.82, 2.24) is 10.2 Å². The molecule has 3 heterocycles. The third-order valence-corrected chi connectivity index (χ3v) is 5.02. The summed E-state index contributed by atoms with van der Waals surface area (Å²) < 4.78 is 5.90. The highest BCUT2D eigenvalue weighted by Gasteiger charge is 2.41. The fraction of sp³-hybridized carbons (Fsp3) is 0.471. The van der Waals surface area contributed by atoms with Gasteiger partial charge in [0.05, 0.1) is 25.4 Å². The van der Waals surface area contributed by atoms with Gasteiger partial charge >= 0.3 is 0 Å². The molecule has 1 fully saturated rings. The van der Waals surface area contributed by atoms with E-state index in [2.05, 4.69) is 5.32 Å². The molecule has 0 spiro atoms. The van der Waals surface area contributed by atoms with Gasteiger partial charge in [-0.15, -0.1) is 0 Å². The number of imide groups is 1. The van der Waals surface area contributed by atoms with E-state index in [1.54, 1.807) is 6.07 Å². The molecule has 3 aliphatic heterocycles. The number of hydrogen-bond acceptors (Lipinski definition) is 6. The summed E-state index contributed by atoms with van der Waals surface area (Å²) in [5.74, 6) is -0.380. The van der Waals surface area contributed by atoms with Crippen molar-refractivity contribution in [2.75, 3.05) is 25.1 Å². The Hall–Kier alpha value is -2.61. The number of fused-ring (bicyclic) bond motifs is 3. The van der Waals surface area contributed by atoms with Gasteiger partial charge < -0.3 is 19.6 Å². The zero-order valence-electron chi connectivity index (χ0n) is 13.8. The Morgan fingerprint density at radius 1 is 1.32 bits per heavy atom. The molecule has 0 aromatic heterocycles. The van der Waals surface area contributed by atoms with E-state index in [0.29, 0.717) is 24.3 Å². The normalized spacial score (nSPS) is 25.4. The van der Waals surface area contributed by atoms with Crippen LogP contribution < -0.4 is 15.0 Å². The Bertz CT molecular complexity index is 778. The maximum Gasteiger partial charge on any atom is 0.255 e. The molecule has 0 bridgehead atoms. The summed E-state index contributed by atoms with van der Waals surface area (Å²) >= 11 is 0. The van der Waals surface area contributed by atoms with E-state index < -0.39 is 11.9 Å². The van der Waals surface area contributed by atoms with Crippen molar-refractivity contribution in [1.29, 1.82) is 0 Å². The first-order chi connectivity index (χ1) is 12.0. The van der Waals surface area contributed by atoms with Crippen molar-refractivity contribution >= 4 is 23.4 Å². The zero-order chi connectivity index (χ0) is 17.7. The number of aliphatic hydroxyl groups is 1. The molecule has 2 atom stereocenters. The minimum atomic E-state index is -0.650. The van der Waals surface area contributed by atoms with Crippen LogP contribution in [0.15, 0.2) is 12.1 Å². The lowest BCUT2D eigenvalue weighted by Crippen LogP contribution is -2.52. The molecule has 0 radical (unpaired) electrons. The van der Waals surface area contributed by atoms with E-state index in [1.807, 2.05) is 18.0 Å². The number of hydrogen-bond donors (Lipinski definition) is 2. The van der Waals surface area contributed by atoms with Crippen molar-refractivity contribution in [2.24, 2.45) is 0 Å². The standard InChI is InChI=1S/C17H19N3O5/c1-19-6-9(8-21)25-15-11-7-20(13-4-5-14(22)18-16(13)23)17(24)10(11)2-3-12(15)19/h2-3,9,13,21H,4-8H2,1H3,(H,18,22,23)/t9-,13+/m1/s1. The molecular weight excluding hydrogens is 326 g/mol. The smallest absolute Gasteiger partial charge is 0.255 e. The van der Waals surface area contributed by atoms with Gasteiger partial charge in [-0.05, 0) is 18.6 Å². The number of aliphatic hydroxyl groups excluding tert-OH is 1. The molecule has 3 aliphatic rings. The number of ether oxygens (including phenoxy) is 1. The summed E-state index contributed by atoms with van der Waals surface area (Å²) in [7, 11) is 1.91. The Kier molecular flexibility index (Phi) is 3.64. The van der Waals surface area contributed by atoms with Gasteiger partial charge in [0.2, 0.25) is 11.8 Å². The van der Waals surface area contributed by atoms with E-state index in [9.17, 15) is 19.5 Å². The lowest BCUT2D eigenvalue weighted by molar-refractivity contribution is -0.136. The predicted octanol–water partition coefficient (Wildman–Crippen LogP) is -0.363. The average Bonchev–Trinajstić information content (AvgIpc) is 2.92. The molecule has 1 aromatic rings. The minimum absolute atomic E-state index is 0.113. The first kappa shape index (κ1) is 15.9. The Labute approximate surface area is 144 Å². The number of anilines is 1. The van der Waals surface area contributed by atoms with Crippen molar-refractivity contribution in [3.8, 4) is 5.75 Å². The number of rotatable bonds is 2. The Morgan fingerprint density at radius 3 is 2.84 bits per heavy atom. The summed E-state index contributed by atoms with van der Waals surface area (Å²) in [6, 6.07) is 2.93. The first-order valence-corrected chi connectivity index (χ1v) is 8.28. The molecule has 0 unspecified atom stereocenters. The minimum Gasteiger partial charge on any atom is -0.484 e. The van der Waals surface area contributed by atoms with E-state index in [0.717, 1.165) is 11.3 Å². The van der Waals surface area contributed by atoms with Crippen LogP contribution in [0, 0.1) is 0 Å². The van der Waals surface area contributed by atoms with Gasteiger partial charge in [-0.2, -0.15) is 0 Å².